The topological polar surface area (TPSA) is 29.9 Å². The molecule has 1 heterocycles. The van der Waals surface area contributed by atoms with E-state index in [9.17, 15) is 0 Å². The maximum atomic E-state index is 4.73. The Morgan fingerprint density at radius 3 is 2.58 bits per heavy atom. The zero-order valence-electron chi connectivity index (χ0n) is 12.1. The summed E-state index contributed by atoms with van der Waals surface area (Å²) in [6.07, 6.45) is 2.13. The number of nitrogens with zero attached hydrogens (tertiary/aromatic N) is 2. The van der Waals surface area contributed by atoms with Crippen molar-refractivity contribution in [2.24, 2.45) is 5.92 Å². The van der Waals surface area contributed by atoms with Crippen LogP contribution in [0.25, 0.3) is 5.69 Å². The lowest BCUT2D eigenvalue weighted by molar-refractivity contribution is 0.628. The molecule has 0 spiro atoms. The molecule has 0 aliphatic rings. The van der Waals surface area contributed by atoms with Crippen molar-refractivity contribution >= 4 is 5.82 Å². The van der Waals surface area contributed by atoms with E-state index in [1.165, 1.54) is 0 Å². The molecule has 3 heteroatoms. The molecule has 0 saturated carbocycles. The highest BCUT2D eigenvalue weighted by Gasteiger charge is 2.10. The molecule has 0 atom stereocenters. The lowest BCUT2D eigenvalue weighted by atomic mass is 10.1. The number of para-hydroxylation sites is 1. The van der Waals surface area contributed by atoms with Gasteiger partial charge in [0.2, 0.25) is 0 Å². The predicted octanol–water partition coefficient (Wildman–Crippen LogP) is 3.89. The summed E-state index contributed by atoms with van der Waals surface area (Å²) >= 11 is 0. The molecule has 1 aromatic carbocycles. The van der Waals surface area contributed by atoms with Gasteiger partial charge in [-0.3, -0.25) is 0 Å². The van der Waals surface area contributed by atoms with Crippen LogP contribution in [0.1, 0.15) is 32.9 Å². The minimum absolute atomic E-state index is 0.623. The number of anilines is 1. The van der Waals surface area contributed by atoms with E-state index in [4.69, 9.17) is 5.10 Å². The standard InChI is InChI=1S/C16H23N3/c1-4-10-17-16-12-14(11-13(2)3)18-19(16)15-8-6-5-7-9-15/h5-9,12-13,17H,4,10-11H2,1-3H3. The predicted molar refractivity (Wildman–Crippen MR) is 80.9 cm³/mol. The summed E-state index contributed by atoms with van der Waals surface area (Å²) in [6, 6.07) is 12.5. The highest BCUT2D eigenvalue weighted by molar-refractivity contribution is 5.46. The molecule has 0 radical (unpaired) electrons. The molecule has 2 aromatic rings. The quantitative estimate of drug-likeness (QED) is 0.850. The van der Waals surface area contributed by atoms with Gasteiger partial charge in [0.15, 0.2) is 0 Å². The van der Waals surface area contributed by atoms with Crippen LogP contribution in [0.2, 0.25) is 0 Å². The van der Waals surface area contributed by atoms with Crippen molar-refractivity contribution in [2.75, 3.05) is 11.9 Å². The minimum Gasteiger partial charge on any atom is -0.370 e. The average Bonchev–Trinajstić information content (AvgIpc) is 2.79. The van der Waals surface area contributed by atoms with E-state index in [0.29, 0.717) is 5.92 Å². The van der Waals surface area contributed by atoms with Gasteiger partial charge in [-0.2, -0.15) is 5.10 Å². The van der Waals surface area contributed by atoms with Gasteiger partial charge in [0.25, 0.3) is 0 Å². The SMILES string of the molecule is CCCNc1cc(CC(C)C)nn1-c1ccccc1. The Hall–Kier alpha value is -1.77. The minimum atomic E-state index is 0.623. The number of hydrogen-bond acceptors (Lipinski definition) is 2. The summed E-state index contributed by atoms with van der Waals surface area (Å²) in [5.74, 6) is 1.71. The molecule has 3 nitrogen and oxygen atoms in total. The number of aromatic nitrogens is 2. The molecule has 102 valence electrons. The fraction of sp³-hybridized carbons (Fsp3) is 0.438. The zero-order chi connectivity index (χ0) is 13.7. The van der Waals surface area contributed by atoms with Crippen molar-refractivity contribution in [3.05, 3.63) is 42.1 Å². The largest absolute Gasteiger partial charge is 0.370 e. The van der Waals surface area contributed by atoms with Crippen LogP contribution < -0.4 is 5.32 Å². The Kier molecular flexibility index (Phi) is 4.61. The second-order valence-corrected chi connectivity index (χ2v) is 5.29. The van der Waals surface area contributed by atoms with E-state index >= 15 is 0 Å². The van der Waals surface area contributed by atoms with E-state index in [2.05, 4.69) is 44.3 Å². The second-order valence-electron chi connectivity index (χ2n) is 5.29. The van der Waals surface area contributed by atoms with E-state index in [1.807, 2.05) is 22.9 Å². The Morgan fingerprint density at radius 2 is 1.95 bits per heavy atom. The molecular weight excluding hydrogens is 234 g/mol. The van der Waals surface area contributed by atoms with Crippen LogP contribution >= 0.6 is 0 Å². The van der Waals surface area contributed by atoms with Crippen molar-refractivity contribution in [2.45, 2.75) is 33.6 Å². The van der Waals surface area contributed by atoms with Crippen molar-refractivity contribution in [1.29, 1.82) is 0 Å². The summed E-state index contributed by atoms with van der Waals surface area (Å²) in [5, 5.41) is 8.18. The molecule has 0 unspecified atom stereocenters. The van der Waals surface area contributed by atoms with Crippen LogP contribution in [0.15, 0.2) is 36.4 Å². The Bertz CT molecular complexity index is 500. The first-order chi connectivity index (χ1) is 9.20. The summed E-state index contributed by atoms with van der Waals surface area (Å²) in [5.41, 5.74) is 2.26. The number of nitrogens with one attached hydrogen (secondary N) is 1. The maximum absolute atomic E-state index is 4.73. The Balaban J connectivity index is 2.31. The van der Waals surface area contributed by atoms with E-state index in [1.54, 1.807) is 0 Å². The average molecular weight is 257 g/mol. The first-order valence-electron chi connectivity index (χ1n) is 7.09. The molecule has 0 saturated heterocycles. The third kappa shape index (κ3) is 3.60. The molecule has 0 aliphatic heterocycles. The van der Waals surface area contributed by atoms with Gasteiger partial charge in [-0.15, -0.1) is 0 Å². The van der Waals surface area contributed by atoms with Crippen LogP contribution in [-0.2, 0) is 6.42 Å². The molecule has 0 bridgehead atoms. The molecule has 0 aliphatic carbocycles. The molecular formula is C16H23N3. The fourth-order valence-corrected chi connectivity index (χ4v) is 2.09. The van der Waals surface area contributed by atoms with Crippen molar-refractivity contribution < 1.29 is 0 Å². The van der Waals surface area contributed by atoms with Crippen LogP contribution in [0.5, 0.6) is 0 Å². The summed E-state index contributed by atoms with van der Waals surface area (Å²) in [4.78, 5) is 0. The molecule has 0 amide bonds. The van der Waals surface area contributed by atoms with E-state index in [-0.39, 0.29) is 0 Å². The third-order valence-corrected chi connectivity index (χ3v) is 2.93. The van der Waals surface area contributed by atoms with E-state index in [0.717, 1.165) is 36.6 Å². The number of hydrogen-bond donors (Lipinski definition) is 1. The Morgan fingerprint density at radius 1 is 1.21 bits per heavy atom. The number of rotatable bonds is 6. The van der Waals surface area contributed by atoms with Crippen molar-refractivity contribution in [3.8, 4) is 5.69 Å². The van der Waals surface area contributed by atoms with Crippen molar-refractivity contribution in [1.82, 2.24) is 9.78 Å². The fourth-order valence-electron chi connectivity index (χ4n) is 2.09. The summed E-state index contributed by atoms with van der Waals surface area (Å²) in [7, 11) is 0. The normalized spacial score (nSPS) is 10.9. The Labute approximate surface area is 115 Å². The van der Waals surface area contributed by atoms with Crippen LogP contribution in [0, 0.1) is 5.92 Å². The van der Waals surface area contributed by atoms with Gasteiger partial charge in [0, 0.05) is 12.6 Å². The van der Waals surface area contributed by atoms with Gasteiger partial charge < -0.3 is 5.32 Å². The van der Waals surface area contributed by atoms with Crippen molar-refractivity contribution in [3.63, 3.8) is 0 Å². The first-order valence-corrected chi connectivity index (χ1v) is 7.09. The molecule has 1 N–H and O–H groups in total. The van der Waals surface area contributed by atoms with Gasteiger partial charge in [0.05, 0.1) is 11.4 Å². The van der Waals surface area contributed by atoms with Crippen LogP contribution in [0.3, 0.4) is 0 Å². The summed E-state index contributed by atoms with van der Waals surface area (Å²) < 4.78 is 2.01. The van der Waals surface area contributed by atoms with Crippen LogP contribution in [0.4, 0.5) is 5.82 Å². The summed E-state index contributed by atoms with van der Waals surface area (Å²) in [6.45, 7) is 7.59. The van der Waals surface area contributed by atoms with Gasteiger partial charge >= 0.3 is 0 Å². The van der Waals surface area contributed by atoms with E-state index < -0.39 is 0 Å². The van der Waals surface area contributed by atoms with Gasteiger partial charge in [-0.25, -0.2) is 4.68 Å². The zero-order valence-corrected chi connectivity index (χ0v) is 12.1. The van der Waals surface area contributed by atoms with Gasteiger partial charge in [0.1, 0.15) is 5.82 Å². The molecule has 0 fully saturated rings. The first kappa shape index (κ1) is 13.7. The third-order valence-electron chi connectivity index (χ3n) is 2.93. The maximum Gasteiger partial charge on any atom is 0.130 e. The lowest BCUT2D eigenvalue weighted by Gasteiger charge is -2.08. The van der Waals surface area contributed by atoms with Gasteiger partial charge in [-0.1, -0.05) is 39.0 Å². The monoisotopic (exact) mass is 257 g/mol. The highest BCUT2D eigenvalue weighted by atomic mass is 15.3. The lowest BCUT2D eigenvalue weighted by Crippen LogP contribution is -2.07. The molecule has 2 rings (SSSR count). The second kappa shape index (κ2) is 6.41. The molecule has 1 aromatic heterocycles. The van der Waals surface area contributed by atoms with Gasteiger partial charge in [-0.05, 0) is 30.9 Å². The highest BCUT2D eigenvalue weighted by Crippen LogP contribution is 2.19. The smallest absolute Gasteiger partial charge is 0.130 e. The van der Waals surface area contributed by atoms with Crippen LogP contribution in [-0.4, -0.2) is 16.3 Å². The molecule has 19 heavy (non-hydrogen) atoms. The number of benzene rings is 1.